The molecule has 4 rings (SSSR count). The van der Waals surface area contributed by atoms with Crippen molar-refractivity contribution in [2.45, 2.75) is 32.0 Å². The molecule has 0 radical (unpaired) electrons. The van der Waals surface area contributed by atoms with Crippen molar-refractivity contribution in [1.82, 2.24) is 15.1 Å². The quantitative estimate of drug-likeness (QED) is 0.495. The number of nitrogens with zero attached hydrogens (tertiary/aromatic N) is 3. The number of Topliss-reactive ketones (excluding diaryl/α,β-unsaturated/α-hetero) is 1. The van der Waals surface area contributed by atoms with E-state index in [9.17, 15) is 23.6 Å². The lowest BCUT2D eigenvalue weighted by molar-refractivity contribution is -0.148. The molecule has 3 aliphatic heterocycles. The van der Waals surface area contributed by atoms with Crippen LogP contribution in [-0.4, -0.2) is 90.2 Å². The zero-order valence-electron chi connectivity index (χ0n) is 18.4. The van der Waals surface area contributed by atoms with Gasteiger partial charge in [-0.15, -0.1) is 0 Å². The molecule has 0 saturated carbocycles. The summed E-state index contributed by atoms with van der Waals surface area (Å²) in [5.74, 6) is -3.25. The molecule has 0 aromatic heterocycles. The Hall–Kier alpha value is -3.18. The van der Waals surface area contributed by atoms with Crippen LogP contribution in [0, 0.1) is 5.82 Å². The SMILES string of the molecule is CC1(C)OCCN2C(=O)C(=O)C(C(=O)NCc3ccc(F)cc3C(=O)N3CCOCC3)N=C21. The molecule has 1 aromatic carbocycles. The van der Waals surface area contributed by atoms with Crippen molar-refractivity contribution in [3.63, 3.8) is 0 Å². The minimum atomic E-state index is -1.55. The van der Waals surface area contributed by atoms with E-state index in [0.29, 0.717) is 31.9 Å². The van der Waals surface area contributed by atoms with Crippen molar-refractivity contribution < 1.29 is 33.0 Å². The maximum atomic E-state index is 13.9. The van der Waals surface area contributed by atoms with Crippen molar-refractivity contribution in [3.05, 3.63) is 35.1 Å². The first kappa shape index (κ1) is 23.0. The molecule has 0 aliphatic carbocycles. The zero-order chi connectivity index (χ0) is 23.8. The molecule has 1 aromatic rings. The van der Waals surface area contributed by atoms with Gasteiger partial charge in [-0.1, -0.05) is 6.07 Å². The van der Waals surface area contributed by atoms with E-state index < -0.39 is 35.1 Å². The lowest BCUT2D eigenvalue weighted by Gasteiger charge is -2.41. The summed E-state index contributed by atoms with van der Waals surface area (Å²) in [7, 11) is 0. The molecule has 11 heteroatoms. The van der Waals surface area contributed by atoms with Crippen molar-refractivity contribution in [2.75, 3.05) is 39.5 Å². The van der Waals surface area contributed by atoms with Crippen LogP contribution in [0.15, 0.2) is 23.2 Å². The molecule has 0 bridgehead atoms. The Balaban J connectivity index is 1.52. The second-order valence-electron chi connectivity index (χ2n) is 8.46. The van der Waals surface area contributed by atoms with Crippen molar-refractivity contribution in [2.24, 2.45) is 4.99 Å². The minimum Gasteiger partial charge on any atom is -0.378 e. The van der Waals surface area contributed by atoms with E-state index in [2.05, 4.69) is 10.3 Å². The Morgan fingerprint density at radius 2 is 1.91 bits per heavy atom. The summed E-state index contributed by atoms with van der Waals surface area (Å²) in [6.07, 6.45) is 0. The highest BCUT2D eigenvalue weighted by atomic mass is 19.1. The van der Waals surface area contributed by atoms with Gasteiger partial charge >= 0.3 is 0 Å². The second-order valence-corrected chi connectivity index (χ2v) is 8.46. The number of hydrogen-bond donors (Lipinski definition) is 1. The fourth-order valence-corrected chi connectivity index (χ4v) is 4.04. The molecule has 3 amide bonds. The van der Waals surface area contributed by atoms with E-state index in [1.165, 1.54) is 17.0 Å². The van der Waals surface area contributed by atoms with E-state index in [0.717, 1.165) is 6.07 Å². The first-order valence-electron chi connectivity index (χ1n) is 10.7. The number of morpholine rings is 2. The molecule has 1 unspecified atom stereocenters. The van der Waals surface area contributed by atoms with Crippen LogP contribution in [0.25, 0.3) is 0 Å². The van der Waals surface area contributed by atoms with Gasteiger partial charge in [0, 0.05) is 25.2 Å². The van der Waals surface area contributed by atoms with Gasteiger partial charge in [0.2, 0.25) is 0 Å². The molecule has 3 aliphatic rings. The molecular formula is C22H25FN4O6. The van der Waals surface area contributed by atoms with Gasteiger partial charge in [0.05, 0.1) is 26.4 Å². The van der Waals surface area contributed by atoms with Gasteiger partial charge in [0.15, 0.2) is 6.04 Å². The second kappa shape index (κ2) is 8.99. The number of ether oxygens (including phenoxy) is 2. The van der Waals surface area contributed by atoms with Gasteiger partial charge in [-0.05, 0) is 31.5 Å². The Morgan fingerprint density at radius 3 is 2.64 bits per heavy atom. The first-order chi connectivity index (χ1) is 15.7. The van der Waals surface area contributed by atoms with E-state index in [-0.39, 0.29) is 37.0 Å². The topological polar surface area (TPSA) is 118 Å². The highest BCUT2D eigenvalue weighted by molar-refractivity contribution is 6.46. The molecule has 2 fully saturated rings. The van der Waals surface area contributed by atoms with Crippen molar-refractivity contribution in [3.8, 4) is 0 Å². The zero-order valence-corrected chi connectivity index (χ0v) is 18.4. The molecule has 176 valence electrons. The number of halogens is 1. The average Bonchev–Trinajstić information content (AvgIpc) is 2.80. The fourth-order valence-electron chi connectivity index (χ4n) is 4.04. The number of rotatable bonds is 4. The maximum absolute atomic E-state index is 13.9. The van der Waals surface area contributed by atoms with Crippen LogP contribution in [0.4, 0.5) is 4.39 Å². The Kier molecular flexibility index (Phi) is 6.26. The van der Waals surface area contributed by atoms with Crippen LogP contribution in [0.1, 0.15) is 29.8 Å². The molecule has 33 heavy (non-hydrogen) atoms. The number of nitrogens with one attached hydrogen (secondary N) is 1. The third-order valence-corrected chi connectivity index (χ3v) is 5.83. The number of benzene rings is 1. The summed E-state index contributed by atoms with van der Waals surface area (Å²) in [5.41, 5.74) is -0.434. The standard InChI is InChI=1S/C22H25FN4O6/c1-22(2)21-25-16(17(28)20(31)27(21)7-10-33-22)18(29)24-12-13-3-4-14(23)11-15(13)19(30)26-5-8-32-9-6-26/h3-4,11,16H,5-10,12H2,1-2H3,(H,24,29). The summed E-state index contributed by atoms with van der Waals surface area (Å²) in [6.45, 7) is 5.26. The van der Waals surface area contributed by atoms with Crippen molar-refractivity contribution in [1.29, 1.82) is 0 Å². The lowest BCUT2D eigenvalue weighted by Crippen LogP contribution is -2.62. The van der Waals surface area contributed by atoms with E-state index in [1.807, 2.05) is 0 Å². The van der Waals surface area contributed by atoms with E-state index in [1.54, 1.807) is 18.7 Å². The molecule has 0 spiro atoms. The van der Waals surface area contributed by atoms with Gasteiger partial charge in [-0.25, -0.2) is 9.38 Å². The first-order valence-corrected chi connectivity index (χ1v) is 10.7. The number of amidine groups is 1. The van der Waals surface area contributed by atoms with Crippen LogP contribution < -0.4 is 5.32 Å². The number of amides is 3. The maximum Gasteiger partial charge on any atom is 0.298 e. The predicted molar refractivity (Wildman–Crippen MR) is 113 cm³/mol. The molecule has 1 N–H and O–H groups in total. The molecule has 2 saturated heterocycles. The Bertz CT molecular complexity index is 1030. The Morgan fingerprint density at radius 1 is 1.18 bits per heavy atom. The number of fused-ring (bicyclic) bond motifs is 1. The summed E-state index contributed by atoms with van der Waals surface area (Å²) in [5, 5.41) is 2.56. The average molecular weight is 460 g/mol. The summed E-state index contributed by atoms with van der Waals surface area (Å²) < 4.78 is 24.8. The van der Waals surface area contributed by atoms with Crippen LogP contribution in [0.3, 0.4) is 0 Å². The van der Waals surface area contributed by atoms with Gasteiger partial charge in [0.25, 0.3) is 23.5 Å². The summed E-state index contributed by atoms with van der Waals surface area (Å²) >= 11 is 0. The van der Waals surface area contributed by atoms with E-state index >= 15 is 0 Å². The van der Waals surface area contributed by atoms with Gasteiger partial charge in [0.1, 0.15) is 17.3 Å². The highest BCUT2D eigenvalue weighted by Gasteiger charge is 2.47. The number of carbonyl (C=O) groups is 4. The van der Waals surface area contributed by atoms with Gasteiger partial charge in [-0.2, -0.15) is 0 Å². The third kappa shape index (κ3) is 4.51. The van der Waals surface area contributed by atoms with Gasteiger partial charge < -0.3 is 19.7 Å². The van der Waals surface area contributed by atoms with Gasteiger partial charge in [-0.3, -0.25) is 24.1 Å². The summed E-state index contributed by atoms with van der Waals surface area (Å²) in [6, 6.07) is 2.16. The van der Waals surface area contributed by atoms with Crippen LogP contribution in [-0.2, 0) is 30.4 Å². The number of ketones is 1. The van der Waals surface area contributed by atoms with Crippen LogP contribution in [0.5, 0.6) is 0 Å². The molecule has 1 atom stereocenters. The number of aliphatic imine (C=N–C) groups is 1. The highest BCUT2D eigenvalue weighted by Crippen LogP contribution is 2.24. The van der Waals surface area contributed by atoms with Crippen LogP contribution in [0.2, 0.25) is 0 Å². The Labute approximate surface area is 189 Å². The number of hydrogen-bond acceptors (Lipinski definition) is 7. The normalized spacial score (nSPS) is 22.5. The fraction of sp³-hybridized carbons (Fsp3) is 0.500. The minimum absolute atomic E-state index is 0.113. The predicted octanol–water partition coefficient (Wildman–Crippen LogP) is -0.0985. The third-order valence-electron chi connectivity index (χ3n) is 5.83. The van der Waals surface area contributed by atoms with E-state index in [4.69, 9.17) is 9.47 Å². The number of carbonyl (C=O) groups excluding carboxylic acids is 4. The lowest BCUT2D eigenvalue weighted by atomic mass is 9.99. The smallest absolute Gasteiger partial charge is 0.298 e. The monoisotopic (exact) mass is 460 g/mol. The molecular weight excluding hydrogens is 435 g/mol. The largest absolute Gasteiger partial charge is 0.378 e. The van der Waals surface area contributed by atoms with Crippen LogP contribution >= 0.6 is 0 Å². The van der Waals surface area contributed by atoms with Crippen molar-refractivity contribution >= 4 is 29.3 Å². The molecule has 10 nitrogen and oxygen atoms in total. The summed E-state index contributed by atoms with van der Waals surface area (Å²) in [4.78, 5) is 57.8. The molecule has 3 heterocycles.